The maximum absolute atomic E-state index is 12.6. The van der Waals surface area contributed by atoms with Gasteiger partial charge in [-0.15, -0.1) is 12.4 Å². The van der Waals surface area contributed by atoms with Gasteiger partial charge in [0, 0.05) is 25.7 Å². The molecule has 0 bridgehead atoms. The van der Waals surface area contributed by atoms with Crippen LogP contribution < -0.4 is 15.4 Å². The highest BCUT2D eigenvalue weighted by molar-refractivity contribution is 5.85. The minimum Gasteiger partial charge on any atom is -0.492 e. The molecule has 25 heavy (non-hydrogen) atoms. The molecule has 0 unspecified atom stereocenters. The van der Waals surface area contributed by atoms with Gasteiger partial charge >= 0.3 is 6.18 Å². The van der Waals surface area contributed by atoms with Crippen molar-refractivity contribution in [2.45, 2.75) is 19.1 Å². The van der Waals surface area contributed by atoms with E-state index in [1.807, 2.05) is 0 Å². The first-order valence-electron chi connectivity index (χ1n) is 7.88. The van der Waals surface area contributed by atoms with Gasteiger partial charge in [0.1, 0.15) is 12.4 Å². The Morgan fingerprint density at radius 3 is 2.88 bits per heavy atom. The molecular formula is C16H23ClF3N3O2. The summed E-state index contributed by atoms with van der Waals surface area (Å²) in [4.78, 5) is 14.0. The molecule has 9 heteroatoms. The minimum atomic E-state index is -4.40. The Labute approximate surface area is 151 Å². The molecule has 142 valence electrons. The summed E-state index contributed by atoms with van der Waals surface area (Å²) in [5.41, 5.74) is -0.753. The molecule has 1 heterocycles. The molecule has 0 spiro atoms. The number of carbonyl (C=O) groups excluding carboxylic acids is 1. The summed E-state index contributed by atoms with van der Waals surface area (Å²) in [5.74, 6) is 0.0196. The van der Waals surface area contributed by atoms with Crippen molar-refractivity contribution in [1.82, 2.24) is 15.5 Å². The van der Waals surface area contributed by atoms with Crippen molar-refractivity contribution in [3.63, 3.8) is 0 Å². The molecule has 1 aromatic rings. The third-order valence-corrected chi connectivity index (χ3v) is 3.84. The highest BCUT2D eigenvalue weighted by atomic mass is 35.5. The van der Waals surface area contributed by atoms with Crippen LogP contribution in [0.15, 0.2) is 24.3 Å². The van der Waals surface area contributed by atoms with Gasteiger partial charge in [0.05, 0.1) is 18.7 Å². The standard InChI is InChI=1S/C16H22F3N3O2.ClH/c1-12-10-20-5-7-22(12)11-15(23)21-6-8-24-14-4-2-3-13(9-14)16(17,18)19;/h2-4,9,12,20H,5-8,10-11H2,1H3,(H,21,23);1H/t12-;/m0./s1. The molecule has 0 saturated carbocycles. The van der Waals surface area contributed by atoms with Crippen molar-refractivity contribution in [2.24, 2.45) is 0 Å². The second-order valence-corrected chi connectivity index (χ2v) is 5.75. The predicted molar refractivity (Wildman–Crippen MR) is 91.1 cm³/mol. The summed E-state index contributed by atoms with van der Waals surface area (Å²) in [5, 5.41) is 5.97. The fourth-order valence-electron chi connectivity index (χ4n) is 2.48. The van der Waals surface area contributed by atoms with E-state index < -0.39 is 11.7 Å². The number of piperazine rings is 1. The third-order valence-electron chi connectivity index (χ3n) is 3.84. The summed E-state index contributed by atoms with van der Waals surface area (Å²) in [6.07, 6.45) is -4.40. The van der Waals surface area contributed by atoms with Crippen LogP contribution in [0.5, 0.6) is 5.75 Å². The number of halogens is 4. The summed E-state index contributed by atoms with van der Waals surface area (Å²) < 4.78 is 43.0. The number of benzene rings is 1. The van der Waals surface area contributed by atoms with E-state index in [1.54, 1.807) is 0 Å². The maximum Gasteiger partial charge on any atom is 0.416 e. The lowest BCUT2D eigenvalue weighted by molar-refractivity contribution is -0.137. The lowest BCUT2D eigenvalue weighted by atomic mass is 10.2. The molecule has 1 aliphatic rings. The van der Waals surface area contributed by atoms with E-state index in [1.165, 1.54) is 12.1 Å². The fourth-order valence-corrected chi connectivity index (χ4v) is 2.48. The molecule has 2 rings (SSSR count). The van der Waals surface area contributed by atoms with Gasteiger partial charge < -0.3 is 15.4 Å². The minimum absolute atomic E-state index is 0. The van der Waals surface area contributed by atoms with Crippen molar-refractivity contribution in [3.05, 3.63) is 29.8 Å². The van der Waals surface area contributed by atoms with Crippen LogP contribution >= 0.6 is 12.4 Å². The molecule has 0 aliphatic carbocycles. The van der Waals surface area contributed by atoms with Gasteiger partial charge in [0.2, 0.25) is 5.91 Å². The molecule has 2 N–H and O–H groups in total. The lowest BCUT2D eigenvalue weighted by Crippen LogP contribution is -2.52. The van der Waals surface area contributed by atoms with E-state index in [0.717, 1.165) is 31.8 Å². The molecule has 1 saturated heterocycles. The number of hydrogen-bond acceptors (Lipinski definition) is 4. The van der Waals surface area contributed by atoms with Crippen LogP contribution in [0.3, 0.4) is 0 Å². The van der Waals surface area contributed by atoms with Gasteiger partial charge in [-0.1, -0.05) is 6.07 Å². The molecule has 1 fully saturated rings. The normalized spacial score (nSPS) is 18.3. The van der Waals surface area contributed by atoms with Crippen molar-refractivity contribution in [2.75, 3.05) is 39.3 Å². The summed E-state index contributed by atoms with van der Waals surface area (Å²) >= 11 is 0. The van der Waals surface area contributed by atoms with Crippen molar-refractivity contribution in [1.29, 1.82) is 0 Å². The zero-order valence-electron chi connectivity index (χ0n) is 13.9. The van der Waals surface area contributed by atoms with Crippen LogP contribution in [0, 0.1) is 0 Å². The second kappa shape index (κ2) is 9.84. The fraction of sp³-hybridized carbons (Fsp3) is 0.562. The van der Waals surface area contributed by atoms with Crippen LogP contribution in [0.1, 0.15) is 12.5 Å². The summed E-state index contributed by atoms with van der Waals surface area (Å²) in [6.45, 7) is 5.25. The van der Waals surface area contributed by atoms with E-state index in [9.17, 15) is 18.0 Å². The second-order valence-electron chi connectivity index (χ2n) is 5.75. The van der Waals surface area contributed by atoms with Gasteiger partial charge in [0.15, 0.2) is 0 Å². The maximum atomic E-state index is 12.6. The van der Waals surface area contributed by atoms with Gasteiger partial charge in [-0.25, -0.2) is 0 Å². The molecular weight excluding hydrogens is 359 g/mol. The molecule has 0 aromatic heterocycles. The third kappa shape index (κ3) is 7.09. The number of rotatable bonds is 6. The van der Waals surface area contributed by atoms with Gasteiger partial charge in [-0.2, -0.15) is 13.2 Å². The monoisotopic (exact) mass is 381 g/mol. The molecule has 1 aromatic carbocycles. The Morgan fingerprint density at radius 2 is 2.20 bits per heavy atom. The van der Waals surface area contributed by atoms with Crippen molar-refractivity contribution < 1.29 is 22.7 Å². The lowest BCUT2D eigenvalue weighted by Gasteiger charge is -2.33. The van der Waals surface area contributed by atoms with Crippen LogP contribution in [0.4, 0.5) is 13.2 Å². The van der Waals surface area contributed by atoms with E-state index >= 15 is 0 Å². The largest absolute Gasteiger partial charge is 0.492 e. The Hall–Kier alpha value is -1.51. The Balaban J connectivity index is 0.00000312. The number of nitrogens with zero attached hydrogens (tertiary/aromatic N) is 1. The smallest absolute Gasteiger partial charge is 0.416 e. The molecule has 1 atom stereocenters. The highest BCUT2D eigenvalue weighted by Crippen LogP contribution is 2.31. The van der Waals surface area contributed by atoms with E-state index in [-0.39, 0.29) is 37.2 Å². The topological polar surface area (TPSA) is 53.6 Å². The van der Waals surface area contributed by atoms with Crippen LogP contribution in [-0.4, -0.2) is 56.2 Å². The Bertz CT molecular complexity index is 558. The van der Waals surface area contributed by atoms with Crippen LogP contribution in [0.25, 0.3) is 0 Å². The number of hydrogen-bond donors (Lipinski definition) is 2. The molecule has 5 nitrogen and oxygen atoms in total. The Morgan fingerprint density at radius 1 is 1.44 bits per heavy atom. The number of ether oxygens (including phenoxy) is 1. The predicted octanol–water partition coefficient (Wildman–Crippen LogP) is 1.92. The first-order chi connectivity index (χ1) is 11.4. The first kappa shape index (κ1) is 21.5. The highest BCUT2D eigenvalue weighted by Gasteiger charge is 2.30. The zero-order valence-corrected chi connectivity index (χ0v) is 14.8. The SMILES string of the molecule is C[C@H]1CNCCN1CC(=O)NCCOc1cccc(C(F)(F)F)c1.Cl. The number of alkyl halides is 3. The van der Waals surface area contributed by atoms with Crippen molar-refractivity contribution >= 4 is 18.3 Å². The van der Waals surface area contributed by atoms with E-state index in [4.69, 9.17) is 4.74 Å². The summed E-state index contributed by atoms with van der Waals surface area (Å²) in [6, 6.07) is 4.99. The number of amides is 1. The van der Waals surface area contributed by atoms with Crippen LogP contribution in [0.2, 0.25) is 0 Å². The number of nitrogens with one attached hydrogen (secondary N) is 2. The zero-order chi connectivity index (χ0) is 17.6. The summed E-state index contributed by atoms with van der Waals surface area (Å²) in [7, 11) is 0. The Kier molecular flexibility index (Phi) is 8.47. The average Bonchev–Trinajstić information content (AvgIpc) is 2.53. The molecule has 0 radical (unpaired) electrons. The van der Waals surface area contributed by atoms with Crippen molar-refractivity contribution in [3.8, 4) is 5.75 Å². The van der Waals surface area contributed by atoms with Gasteiger partial charge in [0.25, 0.3) is 0 Å². The van der Waals surface area contributed by atoms with Crippen LogP contribution in [-0.2, 0) is 11.0 Å². The van der Waals surface area contributed by atoms with Gasteiger partial charge in [-0.3, -0.25) is 9.69 Å². The van der Waals surface area contributed by atoms with Gasteiger partial charge in [-0.05, 0) is 25.1 Å². The number of carbonyl (C=O) groups is 1. The first-order valence-corrected chi connectivity index (χ1v) is 7.88. The van der Waals surface area contributed by atoms with E-state index in [2.05, 4.69) is 22.5 Å². The van der Waals surface area contributed by atoms with E-state index in [0.29, 0.717) is 12.6 Å². The molecule has 1 aliphatic heterocycles. The molecule has 1 amide bonds. The quantitative estimate of drug-likeness (QED) is 0.739. The average molecular weight is 382 g/mol.